The lowest BCUT2D eigenvalue weighted by atomic mass is 9.42. The van der Waals surface area contributed by atoms with Gasteiger partial charge < -0.3 is 10.0 Å². The Labute approximate surface area is 134 Å². The van der Waals surface area contributed by atoms with Crippen molar-refractivity contribution >= 4 is 0 Å². The fraction of sp³-hybridized carbons (Fsp3) is 0.700. The molecule has 22 heavy (non-hydrogen) atoms. The van der Waals surface area contributed by atoms with E-state index in [1.807, 2.05) is 0 Å². The van der Waals surface area contributed by atoms with Crippen molar-refractivity contribution in [2.45, 2.75) is 50.0 Å². The van der Waals surface area contributed by atoms with Crippen LogP contribution in [-0.2, 0) is 5.41 Å². The minimum Gasteiger partial charge on any atom is -0.391 e. The molecule has 2 nitrogen and oxygen atoms in total. The Kier molecular flexibility index (Phi) is 3.39. The van der Waals surface area contributed by atoms with Crippen LogP contribution in [0.4, 0.5) is 0 Å². The minimum absolute atomic E-state index is 0.170. The molecule has 0 spiro atoms. The average Bonchev–Trinajstić information content (AvgIpc) is 2.46. The van der Waals surface area contributed by atoms with E-state index in [-0.39, 0.29) is 11.5 Å². The summed E-state index contributed by atoms with van der Waals surface area (Å²) >= 11 is 0. The molecule has 0 radical (unpaired) electrons. The van der Waals surface area contributed by atoms with E-state index in [0.29, 0.717) is 5.41 Å². The van der Waals surface area contributed by atoms with Crippen molar-refractivity contribution in [2.75, 3.05) is 20.6 Å². The average molecular weight is 299 g/mol. The SMILES string of the molecule is CN(C)C[C@@H](O)C12C[C@H]3C[C@@H](CC(c4ccccc4)(C3)C1)C2. The molecule has 0 saturated heterocycles. The lowest BCUT2D eigenvalue weighted by molar-refractivity contribution is -0.136. The number of benzene rings is 1. The quantitative estimate of drug-likeness (QED) is 0.920. The molecule has 4 saturated carbocycles. The fourth-order valence-corrected chi connectivity index (χ4v) is 6.39. The number of nitrogens with zero attached hydrogens (tertiary/aromatic N) is 1. The second-order valence-electron chi connectivity index (χ2n) is 8.75. The number of aliphatic hydroxyl groups excluding tert-OH is 1. The molecule has 1 aromatic carbocycles. The Hall–Kier alpha value is -0.860. The predicted octanol–water partition coefficient (Wildman–Crippen LogP) is 3.45. The van der Waals surface area contributed by atoms with Crippen molar-refractivity contribution in [3.8, 4) is 0 Å². The molecule has 0 unspecified atom stereocenters. The van der Waals surface area contributed by atoms with E-state index < -0.39 is 0 Å². The minimum atomic E-state index is -0.170. The molecule has 4 aliphatic carbocycles. The molecule has 0 aromatic heterocycles. The fourth-order valence-electron chi connectivity index (χ4n) is 6.39. The van der Waals surface area contributed by atoms with Gasteiger partial charge in [-0.05, 0) is 80.8 Å². The van der Waals surface area contributed by atoms with E-state index in [1.54, 1.807) is 0 Å². The van der Waals surface area contributed by atoms with E-state index in [1.165, 1.54) is 44.1 Å². The van der Waals surface area contributed by atoms with Gasteiger partial charge in [0.25, 0.3) is 0 Å². The smallest absolute Gasteiger partial charge is 0.0723 e. The summed E-state index contributed by atoms with van der Waals surface area (Å²) < 4.78 is 0. The molecule has 3 atom stereocenters. The molecule has 4 fully saturated rings. The van der Waals surface area contributed by atoms with Crippen LogP contribution in [-0.4, -0.2) is 36.8 Å². The van der Waals surface area contributed by atoms with Gasteiger partial charge in [0.05, 0.1) is 6.10 Å². The Balaban J connectivity index is 1.69. The van der Waals surface area contributed by atoms with Crippen LogP contribution >= 0.6 is 0 Å². The van der Waals surface area contributed by atoms with Crippen molar-refractivity contribution in [3.05, 3.63) is 35.9 Å². The van der Waals surface area contributed by atoms with Crippen molar-refractivity contribution < 1.29 is 5.11 Å². The van der Waals surface area contributed by atoms with Crippen molar-refractivity contribution in [1.82, 2.24) is 4.90 Å². The van der Waals surface area contributed by atoms with Gasteiger partial charge in [0.2, 0.25) is 0 Å². The number of aliphatic hydroxyl groups is 1. The van der Waals surface area contributed by atoms with Gasteiger partial charge in [-0.2, -0.15) is 0 Å². The molecule has 0 amide bonds. The van der Waals surface area contributed by atoms with Crippen molar-refractivity contribution in [3.63, 3.8) is 0 Å². The Bertz CT molecular complexity index is 524. The maximum atomic E-state index is 11.0. The second-order valence-corrected chi connectivity index (χ2v) is 8.75. The first-order chi connectivity index (χ1) is 10.5. The summed E-state index contributed by atoms with van der Waals surface area (Å²) in [5, 5.41) is 11.0. The van der Waals surface area contributed by atoms with Gasteiger partial charge in [0.15, 0.2) is 0 Å². The molecule has 1 N–H and O–H groups in total. The van der Waals surface area contributed by atoms with Crippen LogP contribution in [0.2, 0.25) is 0 Å². The third-order valence-corrected chi connectivity index (χ3v) is 6.74. The molecule has 0 aliphatic heterocycles. The van der Waals surface area contributed by atoms with Gasteiger partial charge in [-0.3, -0.25) is 0 Å². The van der Waals surface area contributed by atoms with Crippen LogP contribution in [0, 0.1) is 17.3 Å². The zero-order valence-electron chi connectivity index (χ0n) is 14.0. The van der Waals surface area contributed by atoms with Gasteiger partial charge >= 0.3 is 0 Å². The van der Waals surface area contributed by atoms with Crippen LogP contribution in [0.1, 0.15) is 44.1 Å². The first-order valence-electron chi connectivity index (χ1n) is 8.90. The summed E-state index contributed by atoms with van der Waals surface area (Å²) in [6.07, 6.45) is 7.65. The highest BCUT2D eigenvalue weighted by atomic mass is 16.3. The molecule has 2 heteroatoms. The highest BCUT2D eigenvalue weighted by Gasteiger charge is 2.60. The summed E-state index contributed by atoms with van der Waals surface area (Å²) in [6, 6.07) is 11.2. The summed E-state index contributed by atoms with van der Waals surface area (Å²) in [4.78, 5) is 2.15. The number of rotatable bonds is 4. The highest BCUT2D eigenvalue weighted by Crippen LogP contribution is 2.66. The molecule has 4 bridgehead atoms. The van der Waals surface area contributed by atoms with Crippen molar-refractivity contribution in [1.29, 1.82) is 0 Å². The number of hydrogen-bond acceptors (Lipinski definition) is 2. The molecule has 4 aliphatic rings. The second kappa shape index (κ2) is 5.07. The van der Waals surface area contributed by atoms with Gasteiger partial charge in [0.1, 0.15) is 0 Å². The summed E-state index contributed by atoms with van der Waals surface area (Å²) in [5.74, 6) is 1.66. The lowest BCUT2D eigenvalue weighted by Crippen LogP contribution is -2.59. The summed E-state index contributed by atoms with van der Waals surface area (Å²) in [5.41, 5.74) is 2.05. The van der Waals surface area contributed by atoms with Gasteiger partial charge in [-0.15, -0.1) is 0 Å². The monoisotopic (exact) mass is 299 g/mol. The molecular formula is C20H29NO. The highest BCUT2D eigenvalue weighted by molar-refractivity contribution is 5.30. The van der Waals surface area contributed by atoms with Crippen molar-refractivity contribution in [2.24, 2.45) is 17.3 Å². The number of likely N-dealkylation sites (N-methyl/N-ethyl adjacent to an activating group) is 1. The van der Waals surface area contributed by atoms with Gasteiger partial charge in [-0.1, -0.05) is 30.3 Å². The largest absolute Gasteiger partial charge is 0.391 e. The van der Waals surface area contributed by atoms with Crippen LogP contribution in [0.3, 0.4) is 0 Å². The Morgan fingerprint density at radius 3 is 2.32 bits per heavy atom. The van der Waals surface area contributed by atoms with Crippen LogP contribution in [0.15, 0.2) is 30.3 Å². The zero-order valence-corrected chi connectivity index (χ0v) is 14.0. The molecular weight excluding hydrogens is 270 g/mol. The summed E-state index contributed by atoms with van der Waals surface area (Å²) in [7, 11) is 4.16. The predicted molar refractivity (Wildman–Crippen MR) is 89.8 cm³/mol. The molecule has 0 heterocycles. The van der Waals surface area contributed by atoms with Gasteiger partial charge in [0, 0.05) is 6.54 Å². The third kappa shape index (κ3) is 2.23. The van der Waals surface area contributed by atoms with Gasteiger partial charge in [-0.25, -0.2) is 0 Å². The van der Waals surface area contributed by atoms with E-state index in [0.717, 1.165) is 18.4 Å². The Morgan fingerprint density at radius 1 is 1.09 bits per heavy atom. The first-order valence-corrected chi connectivity index (χ1v) is 8.90. The standard InChI is InChI=1S/C20H29NO/c1-21(2)13-18(22)20-11-15-8-16(12-20)10-19(9-15,14-20)17-6-4-3-5-7-17/h3-7,15-16,18,22H,8-14H2,1-2H3/t15-,16-,18+,19?,20?/m0/s1. The van der Waals surface area contributed by atoms with Crippen LogP contribution < -0.4 is 0 Å². The topological polar surface area (TPSA) is 23.5 Å². The summed E-state index contributed by atoms with van der Waals surface area (Å²) in [6.45, 7) is 0.810. The normalized spacial score (nSPS) is 41.1. The molecule has 120 valence electrons. The third-order valence-electron chi connectivity index (χ3n) is 6.74. The maximum Gasteiger partial charge on any atom is 0.0723 e. The first kappa shape index (κ1) is 14.7. The van der Waals surface area contributed by atoms with Crippen LogP contribution in [0.25, 0.3) is 0 Å². The number of hydrogen-bond donors (Lipinski definition) is 1. The van der Waals surface area contributed by atoms with E-state index in [4.69, 9.17) is 0 Å². The van der Waals surface area contributed by atoms with E-state index >= 15 is 0 Å². The maximum absolute atomic E-state index is 11.0. The molecule has 1 aromatic rings. The van der Waals surface area contributed by atoms with E-state index in [9.17, 15) is 5.11 Å². The lowest BCUT2D eigenvalue weighted by Gasteiger charge is -2.64. The van der Waals surface area contributed by atoms with Crippen LogP contribution in [0.5, 0.6) is 0 Å². The molecule has 5 rings (SSSR count). The Morgan fingerprint density at radius 2 is 1.73 bits per heavy atom. The van der Waals surface area contributed by atoms with E-state index in [2.05, 4.69) is 49.3 Å². The zero-order chi connectivity index (χ0) is 15.4.